The van der Waals surface area contributed by atoms with E-state index >= 15 is 0 Å². The van der Waals surface area contributed by atoms with Crippen LogP contribution in [0.4, 0.5) is 0 Å². The maximum absolute atomic E-state index is 12.0. The van der Waals surface area contributed by atoms with Crippen LogP contribution in [0, 0.1) is 0 Å². The minimum atomic E-state index is 0.0900. The molecule has 0 bridgehead atoms. The summed E-state index contributed by atoms with van der Waals surface area (Å²) >= 11 is 1.59. The van der Waals surface area contributed by atoms with Crippen LogP contribution in [0.3, 0.4) is 0 Å². The summed E-state index contributed by atoms with van der Waals surface area (Å²) in [5.74, 6) is 0.0900. The van der Waals surface area contributed by atoms with Crippen LogP contribution in [0.1, 0.15) is 49.0 Å². The normalized spacial score (nSPS) is 11.5. The van der Waals surface area contributed by atoms with Gasteiger partial charge in [0.25, 0.3) is 0 Å². The Balaban J connectivity index is 1.69. The van der Waals surface area contributed by atoms with Gasteiger partial charge in [-0.2, -0.15) is 0 Å². The molecular weight excluding hydrogens is 332 g/mol. The maximum Gasteiger partial charge on any atom is 0.220 e. The molecule has 0 spiro atoms. The zero-order chi connectivity index (χ0) is 18.3. The summed E-state index contributed by atoms with van der Waals surface area (Å²) in [5.41, 5.74) is 3.69. The van der Waals surface area contributed by atoms with Gasteiger partial charge in [-0.15, -0.1) is 11.3 Å². The number of hydrogen-bond donors (Lipinski definition) is 1. The van der Waals surface area contributed by atoms with E-state index in [2.05, 4.69) is 55.3 Å². The molecule has 0 saturated carbocycles. The van der Waals surface area contributed by atoms with Gasteiger partial charge in [0, 0.05) is 31.9 Å². The van der Waals surface area contributed by atoms with Crippen molar-refractivity contribution in [3.63, 3.8) is 0 Å². The number of hydrogen-bond acceptors (Lipinski definition) is 4. The van der Waals surface area contributed by atoms with Crippen molar-refractivity contribution in [1.82, 2.24) is 10.3 Å². The van der Waals surface area contributed by atoms with Crippen LogP contribution < -0.4 is 5.32 Å². The molecule has 0 unspecified atom stereocenters. The number of methoxy groups -OCH3 is 1. The molecule has 0 atom stereocenters. The first-order valence-electron chi connectivity index (χ1n) is 8.67. The van der Waals surface area contributed by atoms with Gasteiger partial charge < -0.3 is 10.1 Å². The number of ether oxygens (including phenoxy) is 1. The summed E-state index contributed by atoms with van der Waals surface area (Å²) in [6.07, 6.45) is 2.04. The Bertz CT molecular complexity index is 672. The van der Waals surface area contributed by atoms with E-state index in [-0.39, 0.29) is 11.3 Å². The molecule has 0 radical (unpaired) electrons. The molecule has 1 aromatic carbocycles. The lowest BCUT2D eigenvalue weighted by Crippen LogP contribution is -2.26. The van der Waals surface area contributed by atoms with E-state index in [4.69, 9.17) is 4.74 Å². The average Bonchev–Trinajstić information content (AvgIpc) is 3.00. The van der Waals surface area contributed by atoms with Gasteiger partial charge in [0.2, 0.25) is 5.91 Å². The van der Waals surface area contributed by atoms with Crippen molar-refractivity contribution < 1.29 is 9.53 Å². The zero-order valence-electron chi connectivity index (χ0n) is 15.6. The highest BCUT2D eigenvalue weighted by Gasteiger charge is 2.13. The summed E-state index contributed by atoms with van der Waals surface area (Å²) in [7, 11) is 1.66. The van der Waals surface area contributed by atoms with Gasteiger partial charge in [0.05, 0.1) is 12.3 Å². The van der Waals surface area contributed by atoms with Crippen LogP contribution in [0.15, 0.2) is 29.6 Å². The van der Waals surface area contributed by atoms with Gasteiger partial charge in [-0.1, -0.05) is 45.0 Å². The van der Waals surface area contributed by atoms with Gasteiger partial charge in [0.15, 0.2) is 0 Å². The summed E-state index contributed by atoms with van der Waals surface area (Å²) < 4.78 is 5.06. The standard InChI is InChI=1S/C20H28N2O2S/c1-20(2,3)16-8-5-15(6-9-16)7-10-18(23)21-12-11-17-14-25-19(22-17)13-24-4/h5-6,8-9,14H,7,10-13H2,1-4H3,(H,21,23). The first kappa shape index (κ1) is 19.6. The van der Waals surface area contributed by atoms with Crippen LogP contribution in [0.5, 0.6) is 0 Å². The van der Waals surface area contributed by atoms with Crippen molar-refractivity contribution in [1.29, 1.82) is 0 Å². The van der Waals surface area contributed by atoms with Gasteiger partial charge in [-0.05, 0) is 23.0 Å². The Labute approximate surface area is 154 Å². The molecule has 1 aromatic heterocycles. The number of nitrogens with one attached hydrogen (secondary N) is 1. The van der Waals surface area contributed by atoms with E-state index in [9.17, 15) is 4.79 Å². The highest BCUT2D eigenvalue weighted by molar-refractivity contribution is 7.09. The van der Waals surface area contributed by atoms with Crippen LogP contribution in [-0.4, -0.2) is 24.5 Å². The molecule has 0 saturated heterocycles. The Kier molecular flexibility index (Phi) is 7.14. The van der Waals surface area contributed by atoms with Gasteiger partial charge >= 0.3 is 0 Å². The predicted molar refractivity (Wildman–Crippen MR) is 103 cm³/mol. The van der Waals surface area contributed by atoms with E-state index in [0.717, 1.165) is 23.5 Å². The van der Waals surface area contributed by atoms with E-state index < -0.39 is 0 Å². The third-order valence-corrected chi connectivity index (χ3v) is 4.90. The third kappa shape index (κ3) is 6.59. The Hall–Kier alpha value is -1.72. The molecule has 0 aliphatic rings. The third-order valence-electron chi connectivity index (χ3n) is 4.03. The second-order valence-corrected chi connectivity index (χ2v) is 8.16. The lowest BCUT2D eigenvalue weighted by molar-refractivity contribution is -0.121. The predicted octanol–water partition coefficient (Wildman–Crippen LogP) is 3.88. The number of nitrogens with zero attached hydrogens (tertiary/aromatic N) is 1. The molecule has 0 fully saturated rings. The number of rotatable bonds is 8. The highest BCUT2D eigenvalue weighted by atomic mass is 32.1. The fourth-order valence-electron chi connectivity index (χ4n) is 2.50. The molecule has 5 heteroatoms. The number of aromatic nitrogens is 1. The summed E-state index contributed by atoms with van der Waals surface area (Å²) in [6, 6.07) is 8.57. The number of benzene rings is 1. The van der Waals surface area contributed by atoms with Crippen molar-refractivity contribution in [3.8, 4) is 0 Å². The minimum absolute atomic E-state index is 0.0900. The number of aryl methyl sites for hydroxylation is 1. The molecule has 0 aliphatic heterocycles. The smallest absolute Gasteiger partial charge is 0.220 e. The number of carbonyl (C=O) groups excluding carboxylic acids is 1. The first-order valence-corrected chi connectivity index (χ1v) is 9.55. The second-order valence-electron chi connectivity index (χ2n) is 7.21. The van der Waals surface area contributed by atoms with E-state index in [1.165, 1.54) is 11.1 Å². The molecular formula is C20H28N2O2S. The Morgan fingerprint density at radius 3 is 2.56 bits per heavy atom. The topological polar surface area (TPSA) is 51.2 Å². The average molecular weight is 361 g/mol. The number of carbonyl (C=O) groups is 1. The second kappa shape index (κ2) is 9.11. The maximum atomic E-state index is 12.0. The summed E-state index contributed by atoms with van der Waals surface area (Å²) in [5, 5.41) is 5.97. The largest absolute Gasteiger partial charge is 0.378 e. The molecule has 0 aliphatic carbocycles. The van der Waals surface area contributed by atoms with E-state index in [1.54, 1.807) is 18.4 Å². The molecule has 136 valence electrons. The molecule has 4 nitrogen and oxygen atoms in total. The molecule has 25 heavy (non-hydrogen) atoms. The Morgan fingerprint density at radius 1 is 1.20 bits per heavy atom. The molecule has 2 rings (SSSR count). The lowest BCUT2D eigenvalue weighted by atomic mass is 9.86. The van der Waals surface area contributed by atoms with Crippen molar-refractivity contribution >= 4 is 17.2 Å². The summed E-state index contributed by atoms with van der Waals surface area (Å²) in [4.78, 5) is 16.5. The number of thiazole rings is 1. The van der Waals surface area contributed by atoms with Crippen molar-refractivity contribution in [2.24, 2.45) is 0 Å². The Morgan fingerprint density at radius 2 is 1.92 bits per heavy atom. The zero-order valence-corrected chi connectivity index (χ0v) is 16.4. The molecule has 1 N–H and O–H groups in total. The van der Waals surface area contributed by atoms with Crippen molar-refractivity contribution in [2.45, 2.75) is 52.1 Å². The van der Waals surface area contributed by atoms with Crippen molar-refractivity contribution in [3.05, 3.63) is 51.5 Å². The van der Waals surface area contributed by atoms with Crippen LogP contribution in [0.25, 0.3) is 0 Å². The molecule has 2 aromatic rings. The lowest BCUT2D eigenvalue weighted by Gasteiger charge is -2.19. The van der Waals surface area contributed by atoms with Crippen LogP contribution in [0.2, 0.25) is 0 Å². The molecule has 1 amide bonds. The highest BCUT2D eigenvalue weighted by Crippen LogP contribution is 2.22. The van der Waals surface area contributed by atoms with Crippen LogP contribution >= 0.6 is 11.3 Å². The fourth-order valence-corrected chi connectivity index (χ4v) is 3.30. The SMILES string of the molecule is COCc1nc(CCNC(=O)CCc2ccc(C(C)(C)C)cc2)cs1. The number of amides is 1. The van der Waals surface area contributed by atoms with E-state index in [1.807, 2.05) is 5.38 Å². The van der Waals surface area contributed by atoms with Gasteiger partial charge in [-0.3, -0.25) is 4.79 Å². The van der Waals surface area contributed by atoms with E-state index in [0.29, 0.717) is 19.6 Å². The molecule has 1 heterocycles. The van der Waals surface area contributed by atoms with Crippen LogP contribution in [-0.2, 0) is 34.4 Å². The van der Waals surface area contributed by atoms with Crippen molar-refractivity contribution in [2.75, 3.05) is 13.7 Å². The monoisotopic (exact) mass is 360 g/mol. The van der Waals surface area contributed by atoms with Gasteiger partial charge in [-0.25, -0.2) is 4.98 Å². The first-order chi connectivity index (χ1) is 11.9. The quantitative estimate of drug-likeness (QED) is 0.777. The summed E-state index contributed by atoms with van der Waals surface area (Å²) in [6.45, 7) is 7.78. The minimum Gasteiger partial charge on any atom is -0.378 e. The fraction of sp³-hybridized carbons (Fsp3) is 0.500. The van der Waals surface area contributed by atoms with Gasteiger partial charge in [0.1, 0.15) is 5.01 Å².